The molecule has 0 bridgehead atoms. The number of rotatable bonds is 4. The number of imidazole rings is 1. The Kier molecular flexibility index (Phi) is 3.31. The molecule has 0 spiro atoms. The lowest BCUT2D eigenvalue weighted by Gasteiger charge is -2.11. The fourth-order valence-corrected chi connectivity index (χ4v) is 2.31. The molecule has 2 N–H and O–H groups in total. The molecule has 0 radical (unpaired) electrons. The predicted octanol–water partition coefficient (Wildman–Crippen LogP) is 2.52. The Hall–Kier alpha value is -2.82. The van der Waals surface area contributed by atoms with Crippen LogP contribution in [0.1, 0.15) is 17.3 Å². The normalized spacial score (nSPS) is 10.7. The molecule has 1 amide bonds. The molecule has 0 aliphatic heterocycles. The van der Waals surface area contributed by atoms with Gasteiger partial charge in [-0.25, -0.2) is 4.98 Å². The lowest BCUT2D eigenvalue weighted by atomic mass is 10.1. The van der Waals surface area contributed by atoms with E-state index in [1.807, 2.05) is 41.8 Å². The summed E-state index contributed by atoms with van der Waals surface area (Å²) in [6.07, 6.45) is 1.73. The third-order valence-electron chi connectivity index (χ3n) is 3.26. The predicted molar refractivity (Wildman–Crippen MR) is 80.8 cm³/mol. The molecule has 5 heteroatoms. The van der Waals surface area contributed by atoms with Crippen LogP contribution in [0.5, 0.6) is 5.75 Å². The van der Waals surface area contributed by atoms with Crippen molar-refractivity contribution in [2.75, 3.05) is 6.61 Å². The smallest absolute Gasteiger partial charge is 0.252 e. The molecular weight excluding hydrogens is 266 g/mol. The van der Waals surface area contributed by atoms with Crippen LogP contribution in [0.4, 0.5) is 0 Å². The van der Waals surface area contributed by atoms with Crippen molar-refractivity contribution in [3.63, 3.8) is 0 Å². The van der Waals surface area contributed by atoms with Gasteiger partial charge in [0, 0.05) is 5.69 Å². The molecule has 0 aliphatic rings. The summed E-state index contributed by atoms with van der Waals surface area (Å²) in [5.41, 5.74) is 8.49. The highest BCUT2D eigenvalue weighted by Gasteiger charge is 2.12. The van der Waals surface area contributed by atoms with E-state index in [-0.39, 0.29) is 0 Å². The zero-order valence-corrected chi connectivity index (χ0v) is 11.6. The SMILES string of the molecule is CCOc1ccc(-n2cnc3ccccc32)cc1C(N)=O. The van der Waals surface area contributed by atoms with Crippen molar-refractivity contribution in [1.82, 2.24) is 9.55 Å². The van der Waals surface area contributed by atoms with E-state index >= 15 is 0 Å². The number of carbonyl (C=O) groups is 1. The van der Waals surface area contributed by atoms with Gasteiger partial charge in [-0.05, 0) is 37.3 Å². The number of hydrogen-bond donors (Lipinski definition) is 1. The number of benzene rings is 2. The first kappa shape index (κ1) is 13.2. The van der Waals surface area contributed by atoms with Gasteiger partial charge in [-0.3, -0.25) is 9.36 Å². The fraction of sp³-hybridized carbons (Fsp3) is 0.125. The summed E-state index contributed by atoms with van der Waals surface area (Å²) >= 11 is 0. The Morgan fingerprint density at radius 3 is 2.86 bits per heavy atom. The Bertz CT molecular complexity index is 808. The Balaban J connectivity index is 2.14. The summed E-state index contributed by atoms with van der Waals surface area (Å²) in [5, 5.41) is 0. The third-order valence-corrected chi connectivity index (χ3v) is 3.26. The van der Waals surface area contributed by atoms with E-state index in [2.05, 4.69) is 4.98 Å². The number of hydrogen-bond acceptors (Lipinski definition) is 3. The molecule has 5 nitrogen and oxygen atoms in total. The molecular formula is C16H15N3O2. The number of aromatic nitrogens is 2. The molecule has 3 aromatic rings. The van der Waals surface area contributed by atoms with Gasteiger partial charge in [-0.2, -0.15) is 0 Å². The van der Waals surface area contributed by atoms with Crippen molar-refractivity contribution in [2.45, 2.75) is 6.92 Å². The summed E-state index contributed by atoms with van der Waals surface area (Å²) in [6.45, 7) is 2.34. The van der Waals surface area contributed by atoms with Gasteiger partial charge in [0.2, 0.25) is 0 Å². The monoisotopic (exact) mass is 281 g/mol. The largest absolute Gasteiger partial charge is 0.493 e. The number of fused-ring (bicyclic) bond motifs is 1. The van der Waals surface area contributed by atoms with Crippen LogP contribution < -0.4 is 10.5 Å². The summed E-state index contributed by atoms with van der Waals surface area (Å²) in [4.78, 5) is 15.9. The topological polar surface area (TPSA) is 70.1 Å². The molecule has 0 atom stereocenters. The minimum atomic E-state index is -0.510. The Labute approximate surface area is 122 Å². The van der Waals surface area contributed by atoms with E-state index in [9.17, 15) is 4.79 Å². The second kappa shape index (κ2) is 5.28. The zero-order valence-electron chi connectivity index (χ0n) is 11.6. The Morgan fingerprint density at radius 2 is 2.10 bits per heavy atom. The van der Waals surface area contributed by atoms with Gasteiger partial charge >= 0.3 is 0 Å². The first-order chi connectivity index (χ1) is 10.2. The maximum absolute atomic E-state index is 11.6. The van der Waals surface area contributed by atoms with Crippen molar-refractivity contribution in [3.05, 3.63) is 54.4 Å². The van der Waals surface area contributed by atoms with Crippen LogP contribution in [0, 0.1) is 0 Å². The van der Waals surface area contributed by atoms with E-state index in [1.54, 1.807) is 18.5 Å². The van der Waals surface area contributed by atoms with Crippen LogP contribution in [0.3, 0.4) is 0 Å². The first-order valence-electron chi connectivity index (χ1n) is 6.70. The summed E-state index contributed by atoms with van der Waals surface area (Å²) in [5.74, 6) is -0.0112. The molecule has 1 aromatic heterocycles. The average Bonchev–Trinajstić information content (AvgIpc) is 2.92. The van der Waals surface area contributed by atoms with Gasteiger partial charge in [0.05, 0.1) is 23.2 Å². The quantitative estimate of drug-likeness (QED) is 0.798. The van der Waals surface area contributed by atoms with Crippen LogP contribution in [0.15, 0.2) is 48.8 Å². The molecule has 0 saturated carbocycles. The molecule has 21 heavy (non-hydrogen) atoms. The lowest BCUT2D eigenvalue weighted by Crippen LogP contribution is -2.13. The van der Waals surface area contributed by atoms with Crippen LogP contribution in [0.2, 0.25) is 0 Å². The minimum Gasteiger partial charge on any atom is -0.493 e. The summed E-state index contributed by atoms with van der Waals surface area (Å²) < 4.78 is 7.35. The molecule has 106 valence electrons. The minimum absolute atomic E-state index is 0.368. The second-order valence-corrected chi connectivity index (χ2v) is 4.58. The number of nitrogens with zero attached hydrogens (tertiary/aromatic N) is 2. The van der Waals surface area contributed by atoms with Crippen molar-refractivity contribution >= 4 is 16.9 Å². The lowest BCUT2D eigenvalue weighted by molar-refractivity contribution is 0.0996. The average molecular weight is 281 g/mol. The number of primary amides is 1. The zero-order chi connectivity index (χ0) is 14.8. The van der Waals surface area contributed by atoms with Gasteiger partial charge in [-0.15, -0.1) is 0 Å². The highest BCUT2D eigenvalue weighted by molar-refractivity contribution is 5.96. The van der Waals surface area contributed by atoms with E-state index in [1.165, 1.54) is 0 Å². The molecule has 2 aromatic carbocycles. The number of nitrogens with two attached hydrogens (primary N) is 1. The molecule has 0 unspecified atom stereocenters. The van der Waals surface area contributed by atoms with E-state index in [4.69, 9.17) is 10.5 Å². The maximum atomic E-state index is 11.6. The first-order valence-corrected chi connectivity index (χ1v) is 6.70. The molecule has 0 fully saturated rings. The summed E-state index contributed by atoms with van der Waals surface area (Å²) in [7, 11) is 0. The van der Waals surface area contributed by atoms with Gasteiger partial charge in [0.15, 0.2) is 0 Å². The van der Waals surface area contributed by atoms with Crippen LogP contribution in [-0.4, -0.2) is 22.1 Å². The van der Waals surface area contributed by atoms with Crippen molar-refractivity contribution in [1.29, 1.82) is 0 Å². The number of ether oxygens (including phenoxy) is 1. The van der Waals surface area contributed by atoms with Crippen LogP contribution in [-0.2, 0) is 0 Å². The van der Waals surface area contributed by atoms with Gasteiger partial charge in [0.25, 0.3) is 5.91 Å². The highest BCUT2D eigenvalue weighted by atomic mass is 16.5. The van der Waals surface area contributed by atoms with Crippen molar-refractivity contribution in [2.24, 2.45) is 5.73 Å². The standard InChI is InChI=1S/C16H15N3O2/c1-2-21-15-8-7-11(9-12(15)16(17)20)19-10-18-13-5-3-4-6-14(13)19/h3-10H,2H2,1H3,(H2,17,20). The number of carbonyl (C=O) groups excluding carboxylic acids is 1. The molecule has 3 rings (SSSR count). The van der Waals surface area contributed by atoms with E-state index < -0.39 is 5.91 Å². The van der Waals surface area contributed by atoms with Crippen molar-refractivity contribution in [3.8, 4) is 11.4 Å². The fourth-order valence-electron chi connectivity index (χ4n) is 2.31. The molecule has 0 saturated heterocycles. The third kappa shape index (κ3) is 2.33. The van der Waals surface area contributed by atoms with Crippen LogP contribution in [0.25, 0.3) is 16.7 Å². The van der Waals surface area contributed by atoms with Gasteiger partial charge in [0.1, 0.15) is 12.1 Å². The van der Waals surface area contributed by atoms with E-state index in [0.717, 1.165) is 16.7 Å². The molecule has 1 heterocycles. The van der Waals surface area contributed by atoms with Crippen molar-refractivity contribution < 1.29 is 9.53 Å². The van der Waals surface area contributed by atoms with Gasteiger partial charge < -0.3 is 10.5 Å². The Morgan fingerprint density at radius 1 is 1.29 bits per heavy atom. The molecule has 0 aliphatic carbocycles. The maximum Gasteiger partial charge on any atom is 0.252 e. The van der Waals surface area contributed by atoms with E-state index in [0.29, 0.717) is 17.9 Å². The second-order valence-electron chi connectivity index (χ2n) is 4.58. The number of amides is 1. The van der Waals surface area contributed by atoms with Crippen LogP contribution >= 0.6 is 0 Å². The summed E-state index contributed by atoms with van der Waals surface area (Å²) in [6, 6.07) is 13.2. The van der Waals surface area contributed by atoms with Gasteiger partial charge in [-0.1, -0.05) is 12.1 Å². The highest BCUT2D eigenvalue weighted by Crippen LogP contribution is 2.24. The number of para-hydroxylation sites is 2.